The van der Waals surface area contributed by atoms with Gasteiger partial charge in [-0.2, -0.15) is 0 Å². The van der Waals surface area contributed by atoms with Crippen LogP contribution in [0.4, 0.5) is 0 Å². The highest BCUT2D eigenvalue weighted by Crippen LogP contribution is 2.24. The highest BCUT2D eigenvalue weighted by atomic mass is 79.9. The van der Waals surface area contributed by atoms with Gasteiger partial charge in [0.25, 0.3) is 0 Å². The average molecular weight is 301 g/mol. The van der Waals surface area contributed by atoms with E-state index in [4.69, 9.17) is 0 Å². The van der Waals surface area contributed by atoms with Gasteiger partial charge in [-0.05, 0) is 74.3 Å². The highest BCUT2D eigenvalue weighted by molar-refractivity contribution is 9.10. The molecular formula is C13H21BrN2O. The van der Waals surface area contributed by atoms with Crippen LogP contribution < -0.4 is 0 Å². The Morgan fingerprint density at radius 2 is 1.88 bits per heavy atom. The Morgan fingerprint density at radius 1 is 1.18 bits per heavy atom. The predicted molar refractivity (Wildman–Crippen MR) is 75.3 cm³/mol. The van der Waals surface area contributed by atoms with Gasteiger partial charge in [0, 0.05) is 6.54 Å². The van der Waals surface area contributed by atoms with E-state index in [0.29, 0.717) is 5.75 Å². The lowest BCUT2D eigenvalue weighted by molar-refractivity contribution is 0.294. The van der Waals surface area contributed by atoms with Crippen LogP contribution in [0.5, 0.6) is 5.75 Å². The van der Waals surface area contributed by atoms with Crippen LogP contribution in [0.3, 0.4) is 0 Å². The van der Waals surface area contributed by atoms with Crippen LogP contribution in [0, 0.1) is 0 Å². The monoisotopic (exact) mass is 300 g/mol. The van der Waals surface area contributed by atoms with Gasteiger partial charge in [-0.25, -0.2) is 0 Å². The first-order valence-corrected chi connectivity index (χ1v) is 6.59. The maximum Gasteiger partial charge on any atom is 0.129 e. The summed E-state index contributed by atoms with van der Waals surface area (Å²) < 4.78 is 0.761. The number of halogens is 1. The molecular weight excluding hydrogens is 280 g/mol. The fourth-order valence-electron chi connectivity index (χ4n) is 1.70. The van der Waals surface area contributed by atoms with Crippen molar-refractivity contribution in [3.8, 4) is 5.75 Å². The third kappa shape index (κ3) is 5.52. The summed E-state index contributed by atoms with van der Waals surface area (Å²) in [5.74, 6) is 0.295. The molecule has 1 aromatic rings. The van der Waals surface area contributed by atoms with Crippen molar-refractivity contribution in [2.75, 3.05) is 34.2 Å². The summed E-state index contributed by atoms with van der Waals surface area (Å²) >= 11 is 3.33. The molecule has 4 heteroatoms. The predicted octanol–water partition coefficient (Wildman–Crippen LogP) is 2.54. The van der Waals surface area contributed by atoms with Gasteiger partial charge in [0.2, 0.25) is 0 Å². The first-order chi connectivity index (χ1) is 7.99. The summed E-state index contributed by atoms with van der Waals surface area (Å²) in [6, 6.07) is 5.66. The van der Waals surface area contributed by atoms with Gasteiger partial charge in [-0.1, -0.05) is 6.07 Å². The van der Waals surface area contributed by atoms with Crippen LogP contribution in [0.25, 0.3) is 0 Å². The Bertz CT molecular complexity index is 355. The quantitative estimate of drug-likeness (QED) is 0.875. The maximum atomic E-state index is 9.41. The second-order valence-electron chi connectivity index (χ2n) is 4.68. The lowest BCUT2D eigenvalue weighted by Gasteiger charge is -2.18. The summed E-state index contributed by atoms with van der Waals surface area (Å²) in [4.78, 5) is 4.49. The number of aromatic hydroxyl groups is 1. The second kappa shape index (κ2) is 6.99. The van der Waals surface area contributed by atoms with E-state index in [2.05, 4.69) is 46.9 Å². The number of benzene rings is 1. The molecule has 0 aliphatic rings. The fraction of sp³-hybridized carbons (Fsp3) is 0.538. The lowest BCUT2D eigenvalue weighted by Crippen LogP contribution is -2.23. The standard InChI is InChI=1S/C13H21BrN2O/c1-15(2)7-4-8-16(3)10-11-5-6-13(17)12(14)9-11/h5-6,9,17H,4,7-8,10H2,1-3H3. The zero-order valence-electron chi connectivity index (χ0n) is 10.8. The third-order valence-electron chi connectivity index (χ3n) is 2.61. The van der Waals surface area contributed by atoms with E-state index >= 15 is 0 Å². The van der Waals surface area contributed by atoms with Gasteiger partial charge in [-0.3, -0.25) is 0 Å². The molecule has 0 spiro atoms. The Hall–Kier alpha value is -0.580. The molecule has 3 nitrogen and oxygen atoms in total. The van der Waals surface area contributed by atoms with Crippen LogP contribution in [-0.4, -0.2) is 49.1 Å². The van der Waals surface area contributed by atoms with Crippen molar-refractivity contribution in [2.45, 2.75) is 13.0 Å². The zero-order valence-corrected chi connectivity index (χ0v) is 12.4. The number of hydrogen-bond donors (Lipinski definition) is 1. The van der Waals surface area contributed by atoms with Gasteiger partial charge >= 0.3 is 0 Å². The first kappa shape index (κ1) is 14.5. The minimum Gasteiger partial charge on any atom is -0.507 e. The van der Waals surface area contributed by atoms with Gasteiger partial charge in [0.05, 0.1) is 4.47 Å². The SMILES string of the molecule is CN(C)CCCN(C)Cc1ccc(O)c(Br)c1. The molecule has 0 unspecified atom stereocenters. The molecule has 0 amide bonds. The summed E-state index contributed by atoms with van der Waals surface area (Å²) in [7, 11) is 6.31. The Kier molecular flexibility index (Phi) is 5.95. The minimum absolute atomic E-state index is 0.295. The van der Waals surface area contributed by atoms with Gasteiger partial charge in [0.15, 0.2) is 0 Å². The molecule has 0 saturated carbocycles. The summed E-state index contributed by atoms with van der Waals surface area (Å²) in [6.45, 7) is 3.10. The van der Waals surface area contributed by atoms with Crippen molar-refractivity contribution in [2.24, 2.45) is 0 Å². The van der Waals surface area contributed by atoms with Crippen molar-refractivity contribution in [1.82, 2.24) is 9.80 Å². The highest BCUT2D eigenvalue weighted by Gasteiger charge is 2.03. The number of phenolic OH excluding ortho intramolecular Hbond substituents is 1. The van der Waals surface area contributed by atoms with E-state index < -0.39 is 0 Å². The Balaban J connectivity index is 2.39. The molecule has 0 radical (unpaired) electrons. The van der Waals surface area contributed by atoms with Gasteiger partial charge < -0.3 is 14.9 Å². The molecule has 1 N–H and O–H groups in total. The molecule has 0 bridgehead atoms. The van der Waals surface area contributed by atoms with E-state index in [1.165, 1.54) is 12.0 Å². The normalized spacial score (nSPS) is 11.4. The second-order valence-corrected chi connectivity index (χ2v) is 5.53. The molecule has 0 fully saturated rings. The summed E-state index contributed by atoms with van der Waals surface area (Å²) in [5, 5.41) is 9.41. The molecule has 17 heavy (non-hydrogen) atoms. The molecule has 0 aliphatic carbocycles. The maximum absolute atomic E-state index is 9.41. The molecule has 96 valence electrons. The number of nitrogens with zero attached hydrogens (tertiary/aromatic N) is 2. The molecule has 0 atom stereocenters. The lowest BCUT2D eigenvalue weighted by atomic mass is 10.2. The third-order valence-corrected chi connectivity index (χ3v) is 3.24. The van der Waals surface area contributed by atoms with Crippen LogP contribution >= 0.6 is 15.9 Å². The molecule has 1 aromatic carbocycles. The Morgan fingerprint density at radius 3 is 2.47 bits per heavy atom. The molecule has 0 heterocycles. The van der Waals surface area contributed by atoms with Crippen LogP contribution in [-0.2, 0) is 6.54 Å². The molecule has 0 saturated heterocycles. The smallest absolute Gasteiger partial charge is 0.129 e. The summed E-state index contributed by atoms with van der Waals surface area (Å²) in [6.07, 6.45) is 1.17. The van der Waals surface area contributed by atoms with Crippen molar-refractivity contribution in [3.63, 3.8) is 0 Å². The van der Waals surface area contributed by atoms with Crippen LogP contribution in [0.1, 0.15) is 12.0 Å². The van der Waals surface area contributed by atoms with Crippen LogP contribution in [0.2, 0.25) is 0 Å². The van der Waals surface area contributed by atoms with Crippen molar-refractivity contribution in [1.29, 1.82) is 0 Å². The zero-order chi connectivity index (χ0) is 12.8. The van der Waals surface area contributed by atoms with Crippen molar-refractivity contribution in [3.05, 3.63) is 28.2 Å². The van der Waals surface area contributed by atoms with E-state index in [0.717, 1.165) is 24.1 Å². The van der Waals surface area contributed by atoms with Crippen molar-refractivity contribution >= 4 is 15.9 Å². The largest absolute Gasteiger partial charge is 0.507 e. The van der Waals surface area contributed by atoms with Gasteiger partial charge in [-0.15, -0.1) is 0 Å². The van der Waals surface area contributed by atoms with Crippen molar-refractivity contribution < 1.29 is 5.11 Å². The molecule has 1 rings (SSSR count). The number of hydrogen-bond acceptors (Lipinski definition) is 3. The fourth-order valence-corrected chi connectivity index (χ4v) is 2.12. The molecule has 0 aromatic heterocycles. The topological polar surface area (TPSA) is 26.7 Å². The average Bonchev–Trinajstić information content (AvgIpc) is 2.23. The first-order valence-electron chi connectivity index (χ1n) is 5.79. The number of phenols is 1. The van der Waals surface area contributed by atoms with E-state index in [1.807, 2.05) is 12.1 Å². The Labute approximate surface area is 112 Å². The van der Waals surface area contributed by atoms with E-state index in [9.17, 15) is 5.11 Å². The van der Waals surface area contributed by atoms with E-state index in [-0.39, 0.29) is 0 Å². The van der Waals surface area contributed by atoms with Gasteiger partial charge in [0.1, 0.15) is 5.75 Å². The molecule has 0 aliphatic heterocycles. The minimum atomic E-state index is 0.295. The van der Waals surface area contributed by atoms with Crippen LogP contribution in [0.15, 0.2) is 22.7 Å². The van der Waals surface area contributed by atoms with E-state index in [1.54, 1.807) is 6.07 Å². The number of rotatable bonds is 6. The summed E-state index contributed by atoms with van der Waals surface area (Å²) in [5.41, 5.74) is 1.21.